The van der Waals surface area contributed by atoms with Crippen molar-refractivity contribution in [1.29, 1.82) is 5.26 Å². The molecule has 0 fully saturated rings. The highest BCUT2D eigenvalue weighted by atomic mass is 79.9. The van der Waals surface area contributed by atoms with Gasteiger partial charge in [0, 0.05) is 13.1 Å². The Bertz CT molecular complexity index is 635. The van der Waals surface area contributed by atoms with E-state index in [1.807, 2.05) is 48.2 Å². The molecule has 2 nitrogen and oxygen atoms in total. The maximum atomic E-state index is 14.3. The fraction of sp³-hybridized carbons (Fsp3) is 0.188. The van der Waals surface area contributed by atoms with Gasteiger partial charge in [-0.3, -0.25) is 0 Å². The van der Waals surface area contributed by atoms with E-state index >= 15 is 0 Å². The standard InChI is InChI=1S/C16H14BrFN2/c1-2-20(11-12-6-4-3-5-7-12)14-9-8-13(10-19)15(17)16(14)18/h3-9H,2,11H2,1H3. The number of hydrogen-bond donors (Lipinski definition) is 0. The number of nitriles is 1. The van der Waals surface area contributed by atoms with Crippen LogP contribution in [0.5, 0.6) is 0 Å². The van der Waals surface area contributed by atoms with Gasteiger partial charge in [0.25, 0.3) is 0 Å². The Morgan fingerprint density at radius 3 is 2.50 bits per heavy atom. The third kappa shape index (κ3) is 3.00. The molecule has 0 saturated heterocycles. The number of rotatable bonds is 4. The summed E-state index contributed by atoms with van der Waals surface area (Å²) in [5.74, 6) is -0.387. The molecule has 0 aliphatic rings. The van der Waals surface area contributed by atoms with Crippen LogP contribution in [0.15, 0.2) is 46.9 Å². The van der Waals surface area contributed by atoms with Crippen LogP contribution in [0.3, 0.4) is 0 Å². The van der Waals surface area contributed by atoms with Crippen molar-refractivity contribution in [1.82, 2.24) is 0 Å². The molecular formula is C16H14BrFN2. The van der Waals surface area contributed by atoms with Crippen molar-refractivity contribution in [3.8, 4) is 6.07 Å². The Morgan fingerprint density at radius 2 is 1.90 bits per heavy atom. The predicted octanol–water partition coefficient (Wildman–Crippen LogP) is 4.49. The van der Waals surface area contributed by atoms with Crippen LogP contribution < -0.4 is 4.90 Å². The Hall–Kier alpha value is -1.86. The molecule has 2 aromatic carbocycles. The second-order valence-corrected chi connectivity index (χ2v) is 5.16. The minimum Gasteiger partial charge on any atom is -0.365 e. The number of nitrogens with zero attached hydrogens (tertiary/aromatic N) is 2. The summed E-state index contributed by atoms with van der Waals surface area (Å²) in [6.07, 6.45) is 0. The summed E-state index contributed by atoms with van der Waals surface area (Å²) in [5, 5.41) is 8.90. The lowest BCUT2D eigenvalue weighted by atomic mass is 10.1. The molecule has 0 aliphatic heterocycles. The molecule has 0 radical (unpaired) electrons. The van der Waals surface area contributed by atoms with Crippen LogP contribution in [0.1, 0.15) is 18.1 Å². The van der Waals surface area contributed by atoms with E-state index in [1.54, 1.807) is 12.1 Å². The molecular weight excluding hydrogens is 319 g/mol. The summed E-state index contributed by atoms with van der Waals surface area (Å²) in [6, 6.07) is 15.2. The maximum absolute atomic E-state index is 14.3. The molecule has 0 N–H and O–H groups in total. The number of halogens is 2. The van der Waals surface area contributed by atoms with Gasteiger partial charge in [-0.15, -0.1) is 0 Å². The Kier molecular flexibility index (Phi) is 4.75. The van der Waals surface area contributed by atoms with Gasteiger partial charge in [-0.25, -0.2) is 4.39 Å². The zero-order valence-corrected chi connectivity index (χ0v) is 12.7. The Morgan fingerprint density at radius 1 is 1.20 bits per heavy atom. The van der Waals surface area contributed by atoms with Crippen molar-refractivity contribution in [2.45, 2.75) is 13.5 Å². The van der Waals surface area contributed by atoms with Gasteiger partial charge in [0.1, 0.15) is 6.07 Å². The van der Waals surface area contributed by atoms with Crippen LogP contribution >= 0.6 is 15.9 Å². The molecule has 4 heteroatoms. The highest BCUT2D eigenvalue weighted by Gasteiger charge is 2.15. The van der Waals surface area contributed by atoms with E-state index in [4.69, 9.17) is 5.26 Å². The van der Waals surface area contributed by atoms with Crippen LogP contribution in [0.2, 0.25) is 0 Å². The number of anilines is 1. The normalized spacial score (nSPS) is 10.1. The lowest BCUT2D eigenvalue weighted by molar-refractivity contribution is 0.611. The molecule has 102 valence electrons. The van der Waals surface area contributed by atoms with E-state index < -0.39 is 0 Å². The van der Waals surface area contributed by atoms with Crippen LogP contribution in [0.4, 0.5) is 10.1 Å². The smallest absolute Gasteiger partial charge is 0.161 e. The highest BCUT2D eigenvalue weighted by molar-refractivity contribution is 9.10. The number of hydrogen-bond acceptors (Lipinski definition) is 2. The van der Waals surface area contributed by atoms with Gasteiger partial charge in [-0.2, -0.15) is 5.26 Å². The van der Waals surface area contributed by atoms with Crippen LogP contribution in [-0.2, 0) is 6.54 Å². The van der Waals surface area contributed by atoms with Gasteiger partial charge in [0.2, 0.25) is 0 Å². The van der Waals surface area contributed by atoms with Crippen molar-refractivity contribution in [2.75, 3.05) is 11.4 Å². The molecule has 0 atom stereocenters. The quantitative estimate of drug-likeness (QED) is 0.824. The monoisotopic (exact) mass is 332 g/mol. The van der Waals surface area contributed by atoms with Gasteiger partial charge in [-0.05, 0) is 40.5 Å². The average Bonchev–Trinajstić information content (AvgIpc) is 2.49. The molecule has 2 aromatic rings. The summed E-state index contributed by atoms with van der Waals surface area (Å²) >= 11 is 3.15. The molecule has 20 heavy (non-hydrogen) atoms. The molecule has 0 spiro atoms. The molecule has 0 aromatic heterocycles. The average molecular weight is 333 g/mol. The lowest BCUT2D eigenvalue weighted by Crippen LogP contribution is -2.23. The van der Waals surface area contributed by atoms with Crippen LogP contribution in [-0.4, -0.2) is 6.54 Å². The van der Waals surface area contributed by atoms with E-state index in [1.165, 1.54) is 0 Å². The van der Waals surface area contributed by atoms with Crippen LogP contribution in [0.25, 0.3) is 0 Å². The summed E-state index contributed by atoms with van der Waals surface area (Å²) in [6.45, 7) is 3.30. The van der Waals surface area contributed by atoms with Crippen molar-refractivity contribution in [3.63, 3.8) is 0 Å². The maximum Gasteiger partial charge on any atom is 0.161 e. The second kappa shape index (κ2) is 6.53. The molecule has 0 heterocycles. The first-order valence-electron chi connectivity index (χ1n) is 6.34. The molecule has 0 amide bonds. The van der Waals surface area contributed by atoms with Gasteiger partial charge in [-0.1, -0.05) is 30.3 Å². The Labute approximate surface area is 126 Å². The van der Waals surface area contributed by atoms with Crippen LogP contribution in [0, 0.1) is 17.1 Å². The van der Waals surface area contributed by atoms with Crippen molar-refractivity contribution >= 4 is 21.6 Å². The van der Waals surface area contributed by atoms with E-state index in [2.05, 4.69) is 15.9 Å². The largest absolute Gasteiger partial charge is 0.365 e. The van der Waals surface area contributed by atoms with Crippen molar-refractivity contribution < 1.29 is 4.39 Å². The van der Waals surface area contributed by atoms with Gasteiger partial charge < -0.3 is 4.90 Å². The topological polar surface area (TPSA) is 27.0 Å². The summed E-state index contributed by atoms with van der Waals surface area (Å²) in [4.78, 5) is 1.94. The van der Waals surface area contributed by atoms with E-state index in [-0.39, 0.29) is 10.3 Å². The van der Waals surface area contributed by atoms with Crippen molar-refractivity contribution in [3.05, 3.63) is 63.9 Å². The van der Waals surface area contributed by atoms with Gasteiger partial charge >= 0.3 is 0 Å². The van der Waals surface area contributed by atoms with Crippen molar-refractivity contribution in [2.24, 2.45) is 0 Å². The fourth-order valence-corrected chi connectivity index (χ4v) is 2.46. The molecule has 0 aliphatic carbocycles. The Balaban J connectivity index is 2.33. The minimum absolute atomic E-state index is 0.226. The molecule has 0 unspecified atom stereocenters. The van der Waals surface area contributed by atoms with E-state index in [9.17, 15) is 4.39 Å². The van der Waals surface area contributed by atoms with Gasteiger partial charge in [0.15, 0.2) is 5.82 Å². The zero-order valence-electron chi connectivity index (χ0n) is 11.1. The lowest BCUT2D eigenvalue weighted by Gasteiger charge is -2.24. The fourth-order valence-electron chi connectivity index (χ4n) is 2.04. The molecule has 2 rings (SSSR count). The predicted molar refractivity (Wildman–Crippen MR) is 82.0 cm³/mol. The summed E-state index contributed by atoms with van der Waals surface area (Å²) in [7, 11) is 0. The summed E-state index contributed by atoms with van der Waals surface area (Å²) in [5.41, 5.74) is 1.93. The molecule has 0 bridgehead atoms. The molecule has 0 saturated carbocycles. The first-order chi connectivity index (χ1) is 9.67. The SMILES string of the molecule is CCN(Cc1ccccc1)c1ccc(C#N)c(Br)c1F. The summed E-state index contributed by atoms with van der Waals surface area (Å²) < 4.78 is 14.6. The second-order valence-electron chi connectivity index (χ2n) is 4.37. The first kappa shape index (κ1) is 14.5. The van der Waals surface area contributed by atoms with E-state index in [0.717, 1.165) is 5.56 Å². The zero-order chi connectivity index (χ0) is 14.5. The first-order valence-corrected chi connectivity index (χ1v) is 7.13. The number of benzene rings is 2. The minimum atomic E-state index is -0.387. The van der Waals surface area contributed by atoms with Gasteiger partial charge in [0.05, 0.1) is 15.7 Å². The van der Waals surface area contributed by atoms with E-state index in [0.29, 0.717) is 24.3 Å². The third-order valence-electron chi connectivity index (χ3n) is 3.12. The third-order valence-corrected chi connectivity index (χ3v) is 3.90. The highest BCUT2D eigenvalue weighted by Crippen LogP contribution is 2.29.